The summed E-state index contributed by atoms with van der Waals surface area (Å²) >= 11 is 16.6. The zero-order valence-corrected chi connectivity index (χ0v) is 16.6. The molecule has 2 fully saturated rings. The molecule has 10 heteroatoms. The van der Waals surface area contributed by atoms with Crippen LogP contribution in [-0.4, -0.2) is 45.2 Å². The molecule has 0 saturated carbocycles. The molecule has 2 heterocycles. The van der Waals surface area contributed by atoms with Gasteiger partial charge < -0.3 is 14.4 Å². The van der Waals surface area contributed by atoms with Crippen molar-refractivity contribution in [1.29, 1.82) is 0 Å². The van der Waals surface area contributed by atoms with E-state index in [1.807, 2.05) is 0 Å². The molecule has 0 bridgehead atoms. The minimum Gasteiger partial charge on any atom is -0.569 e. The summed E-state index contributed by atoms with van der Waals surface area (Å²) in [6.07, 6.45) is 3.81. The third-order valence-corrected chi connectivity index (χ3v) is 6.57. The minimum atomic E-state index is -3.28. The number of amides is 1. The second-order valence-corrected chi connectivity index (χ2v) is 9.38. The van der Waals surface area contributed by atoms with Gasteiger partial charge in [0.25, 0.3) is 0 Å². The van der Waals surface area contributed by atoms with E-state index in [2.05, 4.69) is 5.09 Å². The van der Waals surface area contributed by atoms with Crippen molar-refractivity contribution < 1.29 is 38.9 Å². The Labute approximate surface area is 156 Å². The predicted octanol–water partition coefficient (Wildman–Crippen LogP) is 0.561. The number of carbonyl (C=O) groups is 1. The van der Waals surface area contributed by atoms with E-state index >= 15 is 0 Å². The third-order valence-electron chi connectivity index (χ3n) is 3.37. The van der Waals surface area contributed by atoms with Crippen LogP contribution in [-0.2, 0) is 9.36 Å². The van der Waals surface area contributed by atoms with Crippen LogP contribution in [0.4, 0.5) is 0 Å². The van der Waals surface area contributed by atoms with Gasteiger partial charge in [0, 0.05) is 26.2 Å². The predicted molar refractivity (Wildman–Crippen MR) is 77.9 cm³/mol. The zero-order valence-electron chi connectivity index (χ0n) is 11.4. The SMILES string of the molecule is O=C([N-]P(=O)(N1CCCC1)N1CCCC1)C(Cl)(Cl)Cl.[Na+]. The van der Waals surface area contributed by atoms with E-state index in [9.17, 15) is 9.36 Å². The largest absolute Gasteiger partial charge is 1.00 e. The molecular formula is C10H16Cl3N3NaO2P. The molecule has 0 aromatic carbocycles. The summed E-state index contributed by atoms with van der Waals surface area (Å²) < 4.78 is 14.6. The quantitative estimate of drug-likeness (QED) is 0.414. The molecule has 2 rings (SSSR count). The van der Waals surface area contributed by atoms with Crippen LogP contribution < -0.4 is 29.6 Å². The molecule has 110 valence electrons. The van der Waals surface area contributed by atoms with E-state index in [1.165, 1.54) is 0 Å². The molecule has 0 spiro atoms. The number of hydrogen-bond acceptors (Lipinski definition) is 2. The molecule has 2 aliphatic rings. The first-order valence-corrected chi connectivity index (χ1v) is 8.99. The Kier molecular flexibility index (Phi) is 7.67. The smallest absolute Gasteiger partial charge is 0.569 e. The fraction of sp³-hybridized carbons (Fsp3) is 0.900. The van der Waals surface area contributed by atoms with Crippen molar-refractivity contribution in [3.63, 3.8) is 0 Å². The average Bonchev–Trinajstić information content (AvgIpc) is 3.01. The molecule has 2 saturated heterocycles. The molecule has 0 N–H and O–H groups in total. The first kappa shape index (κ1) is 19.5. The monoisotopic (exact) mass is 369 g/mol. The Morgan fingerprint density at radius 2 is 1.30 bits per heavy atom. The third kappa shape index (κ3) is 4.50. The molecule has 0 aromatic rings. The maximum atomic E-state index is 13.2. The van der Waals surface area contributed by atoms with E-state index in [0.29, 0.717) is 26.2 Å². The van der Waals surface area contributed by atoms with Gasteiger partial charge in [-0.3, -0.25) is 9.34 Å². The van der Waals surface area contributed by atoms with Gasteiger partial charge >= 0.3 is 29.6 Å². The Morgan fingerprint density at radius 3 is 1.60 bits per heavy atom. The molecule has 0 atom stereocenters. The second kappa shape index (κ2) is 7.85. The Bertz CT molecular complexity index is 376. The molecule has 20 heavy (non-hydrogen) atoms. The average molecular weight is 371 g/mol. The van der Waals surface area contributed by atoms with E-state index in [4.69, 9.17) is 34.8 Å². The van der Waals surface area contributed by atoms with Gasteiger partial charge in [-0.2, -0.15) is 0 Å². The van der Waals surface area contributed by atoms with E-state index in [-0.39, 0.29) is 29.6 Å². The number of halogens is 3. The first-order chi connectivity index (χ1) is 8.84. The van der Waals surface area contributed by atoms with Crippen molar-refractivity contribution in [2.45, 2.75) is 29.5 Å². The molecule has 0 radical (unpaired) electrons. The van der Waals surface area contributed by atoms with Crippen LogP contribution in [0, 0.1) is 0 Å². The summed E-state index contributed by atoms with van der Waals surface area (Å²) in [6.45, 7) is 2.68. The van der Waals surface area contributed by atoms with E-state index in [0.717, 1.165) is 25.7 Å². The maximum absolute atomic E-state index is 13.2. The number of alkyl halides is 3. The number of rotatable bonds is 3. The Morgan fingerprint density at radius 1 is 0.950 bits per heavy atom. The second-order valence-electron chi connectivity index (χ2n) is 4.74. The summed E-state index contributed by atoms with van der Waals surface area (Å²) in [5, 5.41) is 3.82. The van der Waals surface area contributed by atoms with Gasteiger partial charge in [-0.05, 0) is 25.7 Å². The molecule has 0 unspecified atom stereocenters. The molecular weight excluding hydrogens is 354 g/mol. The van der Waals surface area contributed by atoms with Crippen LogP contribution in [0.15, 0.2) is 0 Å². The fourth-order valence-electron chi connectivity index (χ4n) is 2.40. The number of hydrogen-bond donors (Lipinski definition) is 0. The van der Waals surface area contributed by atoms with Crippen molar-refractivity contribution in [1.82, 2.24) is 9.34 Å². The molecule has 2 aliphatic heterocycles. The van der Waals surface area contributed by atoms with Crippen molar-refractivity contribution >= 4 is 48.3 Å². The minimum absolute atomic E-state index is 0. The van der Waals surface area contributed by atoms with E-state index < -0.39 is 17.3 Å². The summed E-state index contributed by atoms with van der Waals surface area (Å²) in [5.74, 6) is -0.945. The number of carbonyl (C=O) groups excluding carboxylic acids is 1. The van der Waals surface area contributed by atoms with Gasteiger partial charge in [-0.1, -0.05) is 34.8 Å². The first-order valence-electron chi connectivity index (χ1n) is 6.29. The molecule has 0 aromatic heterocycles. The van der Waals surface area contributed by atoms with Gasteiger partial charge in [0.1, 0.15) is 5.91 Å². The van der Waals surface area contributed by atoms with E-state index in [1.54, 1.807) is 9.34 Å². The Hall–Kier alpha value is 1.49. The van der Waals surface area contributed by atoms with Crippen LogP contribution in [0.5, 0.6) is 0 Å². The van der Waals surface area contributed by atoms with Gasteiger partial charge in [-0.25, -0.2) is 0 Å². The topological polar surface area (TPSA) is 54.7 Å². The van der Waals surface area contributed by atoms with Crippen LogP contribution in [0.1, 0.15) is 25.7 Å². The van der Waals surface area contributed by atoms with Crippen LogP contribution in [0.25, 0.3) is 5.09 Å². The van der Waals surface area contributed by atoms with Gasteiger partial charge in [0.05, 0.1) is 0 Å². The van der Waals surface area contributed by atoms with Gasteiger partial charge in [-0.15, -0.1) is 0 Å². The van der Waals surface area contributed by atoms with Gasteiger partial charge in [0.2, 0.25) is 3.79 Å². The molecule has 0 aliphatic carbocycles. The molecule has 1 amide bonds. The van der Waals surface area contributed by atoms with Crippen molar-refractivity contribution in [3.8, 4) is 0 Å². The van der Waals surface area contributed by atoms with Gasteiger partial charge in [0.15, 0.2) is 7.59 Å². The molecule has 5 nitrogen and oxygen atoms in total. The summed E-state index contributed by atoms with van der Waals surface area (Å²) in [5.41, 5.74) is 0. The fourth-order valence-corrected chi connectivity index (χ4v) is 5.31. The number of nitrogens with zero attached hydrogens (tertiary/aromatic N) is 3. The van der Waals surface area contributed by atoms with Crippen molar-refractivity contribution in [2.75, 3.05) is 26.2 Å². The summed E-state index contributed by atoms with van der Waals surface area (Å²) in [4.78, 5) is 11.8. The normalized spacial score (nSPS) is 21.8. The van der Waals surface area contributed by atoms with Crippen LogP contribution in [0.3, 0.4) is 0 Å². The van der Waals surface area contributed by atoms with Crippen LogP contribution in [0.2, 0.25) is 0 Å². The zero-order chi connectivity index (χ0) is 14.1. The summed E-state index contributed by atoms with van der Waals surface area (Å²) in [6, 6.07) is 0. The van der Waals surface area contributed by atoms with Crippen molar-refractivity contribution in [3.05, 3.63) is 5.09 Å². The van der Waals surface area contributed by atoms with Crippen molar-refractivity contribution in [2.24, 2.45) is 0 Å². The Balaban J connectivity index is 0.00000200. The standard InChI is InChI=1S/C10H17Cl3N3O2P.Na/c11-10(12,13)9(17)14-19(18,15-5-1-2-6-15)16-7-3-4-8-16;/h1-8H2,(H,14,17,18);/q;+1/p-1. The van der Waals surface area contributed by atoms with Crippen LogP contribution >= 0.6 is 42.4 Å². The summed E-state index contributed by atoms with van der Waals surface area (Å²) in [7, 11) is -3.28. The maximum Gasteiger partial charge on any atom is 1.00 e.